The van der Waals surface area contributed by atoms with Crippen LogP contribution < -0.4 is 10.7 Å². The van der Waals surface area contributed by atoms with Crippen molar-refractivity contribution in [3.05, 3.63) is 11.6 Å². The normalized spacial score (nSPS) is 29.5. The van der Waals surface area contributed by atoms with Crippen LogP contribution in [0.5, 0.6) is 0 Å². The number of rotatable bonds is 3. The van der Waals surface area contributed by atoms with Crippen molar-refractivity contribution in [1.82, 2.24) is 10.7 Å². The number of nitrogens with zero attached hydrogens (tertiary/aromatic N) is 1. The average Bonchev–Trinajstić information content (AvgIpc) is 2.29. The van der Waals surface area contributed by atoms with Crippen molar-refractivity contribution >= 4 is 23.5 Å². The number of hydrogen-bond donors (Lipinski definition) is 2. The Hall–Kier alpha value is -0.900. The van der Waals surface area contributed by atoms with Crippen LogP contribution in [0.3, 0.4) is 0 Å². The van der Waals surface area contributed by atoms with Crippen LogP contribution in [0.1, 0.15) is 33.6 Å². The summed E-state index contributed by atoms with van der Waals surface area (Å²) in [5, 5.41) is 7.80. The lowest BCUT2D eigenvalue weighted by atomic mass is 9.49. The lowest BCUT2D eigenvalue weighted by Crippen LogP contribution is -2.48. The third kappa shape index (κ3) is 2.37. The van der Waals surface area contributed by atoms with Gasteiger partial charge in [-0.1, -0.05) is 19.9 Å². The molecular formula is C13H21N3S. The van der Waals surface area contributed by atoms with Gasteiger partial charge in [-0.2, -0.15) is 5.10 Å². The molecule has 2 atom stereocenters. The van der Waals surface area contributed by atoms with Crippen LogP contribution >= 0.6 is 12.2 Å². The summed E-state index contributed by atoms with van der Waals surface area (Å²) in [7, 11) is 0. The smallest absolute Gasteiger partial charge is 0.186 e. The summed E-state index contributed by atoms with van der Waals surface area (Å²) in [5.74, 6) is 1.56. The number of thiocarbonyl (C=S) groups is 1. The van der Waals surface area contributed by atoms with Crippen molar-refractivity contribution in [1.29, 1.82) is 0 Å². The van der Waals surface area contributed by atoms with Crippen LogP contribution in [0, 0.1) is 17.3 Å². The second-order valence-corrected chi connectivity index (χ2v) is 5.88. The quantitative estimate of drug-likeness (QED) is 0.459. The molecule has 94 valence electrons. The van der Waals surface area contributed by atoms with Crippen molar-refractivity contribution < 1.29 is 0 Å². The number of fused-ring (bicyclic) bond motifs is 1. The summed E-state index contributed by atoms with van der Waals surface area (Å²) in [4.78, 5) is 0. The van der Waals surface area contributed by atoms with E-state index < -0.39 is 0 Å². The first-order valence-corrected chi connectivity index (χ1v) is 6.73. The van der Waals surface area contributed by atoms with E-state index in [4.69, 9.17) is 12.2 Å². The molecule has 0 unspecified atom stereocenters. The van der Waals surface area contributed by atoms with Crippen molar-refractivity contribution in [2.24, 2.45) is 22.4 Å². The Morgan fingerprint density at radius 3 is 3.00 bits per heavy atom. The molecule has 0 aliphatic heterocycles. The second-order valence-electron chi connectivity index (χ2n) is 5.48. The van der Waals surface area contributed by atoms with Crippen LogP contribution in [0.2, 0.25) is 0 Å². The number of hydrazone groups is 1. The molecule has 4 heteroatoms. The zero-order valence-electron chi connectivity index (χ0n) is 10.8. The fourth-order valence-corrected chi connectivity index (χ4v) is 3.11. The highest BCUT2D eigenvalue weighted by molar-refractivity contribution is 7.80. The van der Waals surface area contributed by atoms with E-state index >= 15 is 0 Å². The molecule has 1 saturated carbocycles. The predicted octanol–water partition coefficient (Wildman–Crippen LogP) is 2.45. The molecule has 0 aromatic carbocycles. The van der Waals surface area contributed by atoms with Crippen LogP contribution in [0.4, 0.5) is 0 Å². The lowest BCUT2D eigenvalue weighted by Gasteiger charge is -2.55. The topological polar surface area (TPSA) is 36.4 Å². The van der Waals surface area contributed by atoms with Crippen molar-refractivity contribution in [3.8, 4) is 0 Å². The van der Waals surface area contributed by atoms with Gasteiger partial charge in [0.25, 0.3) is 0 Å². The van der Waals surface area contributed by atoms with Gasteiger partial charge in [-0.25, -0.2) is 0 Å². The van der Waals surface area contributed by atoms with Crippen LogP contribution in [-0.4, -0.2) is 17.9 Å². The summed E-state index contributed by atoms with van der Waals surface area (Å²) in [5.41, 5.74) is 4.67. The first kappa shape index (κ1) is 12.6. The monoisotopic (exact) mass is 251 g/mol. The van der Waals surface area contributed by atoms with Crippen molar-refractivity contribution in [2.45, 2.75) is 33.6 Å². The SMILES string of the molecule is CCNC(=S)N/N=C\C1=CC[C@@H]2C[C@H]1C2(C)C. The molecule has 3 aliphatic rings. The summed E-state index contributed by atoms with van der Waals surface area (Å²) in [6.45, 7) is 7.56. The van der Waals surface area contributed by atoms with Gasteiger partial charge < -0.3 is 5.32 Å². The van der Waals surface area contributed by atoms with E-state index in [2.05, 4.69) is 35.8 Å². The molecule has 0 spiro atoms. The van der Waals surface area contributed by atoms with Gasteiger partial charge in [0.05, 0.1) is 6.21 Å². The summed E-state index contributed by atoms with van der Waals surface area (Å²) in [6.07, 6.45) is 6.78. The molecule has 2 N–H and O–H groups in total. The van der Waals surface area contributed by atoms with Gasteiger partial charge >= 0.3 is 0 Å². The summed E-state index contributed by atoms with van der Waals surface area (Å²) >= 11 is 5.05. The predicted molar refractivity (Wildman–Crippen MR) is 76.0 cm³/mol. The minimum Gasteiger partial charge on any atom is -0.362 e. The summed E-state index contributed by atoms with van der Waals surface area (Å²) < 4.78 is 0. The molecular weight excluding hydrogens is 230 g/mol. The standard InChI is InChI=1S/C13H21N3S/c1-4-14-12(17)16-15-8-9-5-6-10-7-11(9)13(10,2)3/h5,8,10-11H,4,6-7H2,1-3H3,(H2,14,16,17)/b15-8-/t10-,11-/m1/s1. The van der Waals surface area contributed by atoms with Gasteiger partial charge in [-0.05, 0) is 54.8 Å². The minimum absolute atomic E-state index is 0.457. The maximum Gasteiger partial charge on any atom is 0.186 e. The molecule has 0 saturated heterocycles. The van der Waals surface area contributed by atoms with E-state index in [1.165, 1.54) is 18.4 Å². The maximum absolute atomic E-state index is 5.05. The minimum atomic E-state index is 0.457. The molecule has 0 aromatic rings. The van der Waals surface area contributed by atoms with E-state index in [0.717, 1.165) is 12.5 Å². The Kier molecular flexibility index (Phi) is 3.52. The number of hydrogen-bond acceptors (Lipinski definition) is 2. The Labute approximate surface area is 109 Å². The number of allylic oxidation sites excluding steroid dienone is 2. The molecule has 0 aromatic heterocycles. The Morgan fingerprint density at radius 2 is 2.41 bits per heavy atom. The highest BCUT2D eigenvalue weighted by Crippen LogP contribution is 2.58. The molecule has 2 bridgehead atoms. The fraction of sp³-hybridized carbons (Fsp3) is 0.692. The van der Waals surface area contributed by atoms with E-state index in [9.17, 15) is 0 Å². The van der Waals surface area contributed by atoms with E-state index in [-0.39, 0.29) is 0 Å². The summed E-state index contributed by atoms with van der Waals surface area (Å²) in [6, 6.07) is 0. The van der Waals surface area contributed by atoms with Gasteiger partial charge in [0.15, 0.2) is 5.11 Å². The molecule has 0 amide bonds. The van der Waals surface area contributed by atoms with E-state index in [1.807, 2.05) is 13.1 Å². The van der Waals surface area contributed by atoms with Crippen LogP contribution in [-0.2, 0) is 0 Å². The fourth-order valence-electron chi connectivity index (χ4n) is 2.91. The van der Waals surface area contributed by atoms with Gasteiger partial charge in [0, 0.05) is 6.54 Å². The molecule has 0 heterocycles. The maximum atomic E-state index is 5.05. The second kappa shape index (κ2) is 4.77. The molecule has 17 heavy (non-hydrogen) atoms. The molecule has 0 radical (unpaired) electrons. The molecule has 3 nitrogen and oxygen atoms in total. The zero-order valence-corrected chi connectivity index (χ0v) is 11.6. The van der Waals surface area contributed by atoms with Gasteiger partial charge in [-0.3, -0.25) is 5.43 Å². The Bertz CT molecular complexity index is 371. The van der Waals surface area contributed by atoms with Gasteiger partial charge in [-0.15, -0.1) is 0 Å². The largest absolute Gasteiger partial charge is 0.362 e. The van der Waals surface area contributed by atoms with Crippen molar-refractivity contribution in [3.63, 3.8) is 0 Å². The highest BCUT2D eigenvalue weighted by Gasteiger charge is 2.50. The Morgan fingerprint density at radius 1 is 1.65 bits per heavy atom. The van der Waals surface area contributed by atoms with E-state index in [0.29, 0.717) is 16.4 Å². The first-order valence-electron chi connectivity index (χ1n) is 6.32. The van der Waals surface area contributed by atoms with E-state index in [1.54, 1.807) is 0 Å². The zero-order chi connectivity index (χ0) is 12.5. The van der Waals surface area contributed by atoms with Crippen LogP contribution in [0.15, 0.2) is 16.8 Å². The first-order chi connectivity index (χ1) is 8.05. The molecule has 3 aliphatic carbocycles. The van der Waals surface area contributed by atoms with Crippen LogP contribution in [0.25, 0.3) is 0 Å². The van der Waals surface area contributed by atoms with Crippen molar-refractivity contribution in [2.75, 3.05) is 6.54 Å². The molecule has 1 fully saturated rings. The lowest BCUT2D eigenvalue weighted by molar-refractivity contribution is -0.00126. The van der Waals surface area contributed by atoms with Gasteiger partial charge in [0.2, 0.25) is 0 Å². The average molecular weight is 251 g/mol. The molecule has 3 rings (SSSR count). The highest BCUT2D eigenvalue weighted by atomic mass is 32.1. The van der Waals surface area contributed by atoms with Gasteiger partial charge in [0.1, 0.15) is 0 Å². The third-order valence-electron chi connectivity index (χ3n) is 4.23. The number of nitrogens with one attached hydrogen (secondary N) is 2. The third-order valence-corrected chi connectivity index (χ3v) is 4.46. The Balaban J connectivity index is 1.90.